The van der Waals surface area contributed by atoms with Crippen LogP contribution in [0.1, 0.15) is 31.7 Å². The lowest BCUT2D eigenvalue weighted by Crippen LogP contribution is -2.37. The highest BCUT2D eigenvalue weighted by atomic mass is 16.5. The molecular weight excluding hydrogens is 266 g/mol. The van der Waals surface area contributed by atoms with Crippen molar-refractivity contribution in [3.63, 3.8) is 0 Å². The van der Waals surface area contributed by atoms with Crippen molar-refractivity contribution >= 4 is 11.8 Å². The maximum atomic E-state index is 12.4. The third-order valence-electron chi connectivity index (χ3n) is 3.62. The van der Waals surface area contributed by atoms with Crippen molar-refractivity contribution in [2.75, 3.05) is 7.11 Å². The van der Waals surface area contributed by atoms with Crippen molar-refractivity contribution in [3.8, 4) is 0 Å². The number of ether oxygens (including phenoxy) is 1. The van der Waals surface area contributed by atoms with E-state index in [0.29, 0.717) is 6.42 Å². The van der Waals surface area contributed by atoms with Crippen LogP contribution in [0, 0.1) is 5.92 Å². The van der Waals surface area contributed by atoms with Crippen LogP contribution < -0.4 is 5.32 Å². The number of nitrogens with one attached hydrogen (secondary N) is 1. The normalized spacial score (nSPS) is 21.9. The summed E-state index contributed by atoms with van der Waals surface area (Å²) in [7, 11) is 1.32. The summed E-state index contributed by atoms with van der Waals surface area (Å²) in [6.07, 6.45) is 2.18. The van der Waals surface area contributed by atoms with Crippen LogP contribution in [-0.2, 0) is 14.3 Å². The smallest absolute Gasteiger partial charge is 0.317 e. The SMILES string of the molecule is COC(=O)C1C(=O)C=C(NC(C)C)CC1c1ccccc1. The summed E-state index contributed by atoms with van der Waals surface area (Å²) in [6, 6.07) is 9.91. The van der Waals surface area contributed by atoms with Crippen molar-refractivity contribution in [1.82, 2.24) is 5.32 Å². The van der Waals surface area contributed by atoms with Crippen molar-refractivity contribution in [2.24, 2.45) is 5.92 Å². The largest absolute Gasteiger partial charge is 0.468 e. The average molecular weight is 287 g/mol. The molecule has 0 amide bonds. The van der Waals surface area contributed by atoms with E-state index in [2.05, 4.69) is 5.32 Å². The second kappa shape index (κ2) is 6.57. The zero-order chi connectivity index (χ0) is 15.4. The molecule has 2 atom stereocenters. The van der Waals surface area contributed by atoms with Gasteiger partial charge in [0, 0.05) is 23.7 Å². The summed E-state index contributed by atoms with van der Waals surface area (Å²) >= 11 is 0. The quantitative estimate of drug-likeness (QED) is 0.682. The standard InChI is InChI=1S/C17H21NO3/c1-11(2)18-13-9-14(12-7-5-4-6-8-12)16(15(19)10-13)17(20)21-3/h4-8,10-11,14,16,18H,9H2,1-3H3. The molecule has 1 aliphatic carbocycles. The predicted octanol–water partition coefficient (Wildman–Crippen LogP) is 2.41. The van der Waals surface area contributed by atoms with Gasteiger partial charge in [0.2, 0.25) is 0 Å². The van der Waals surface area contributed by atoms with E-state index < -0.39 is 11.9 Å². The Morgan fingerprint density at radius 1 is 1.29 bits per heavy atom. The molecule has 1 aromatic carbocycles. The minimum absolute atomic E-state index is 0.183. The zero-order valence-corrected chi connectivity index (χ0v) is 12.6. The molecule has 2 rings (SSSR count). The molecule has 0 radical (unpaired) electrons. The van der Waals surface area contributed by atoms with E-state index in [-0.39, 0.29) is 17.7 Å². The van der Waals surface area contributed by atoms with E-state index in [9.17, 15) is 9.59 Å². The first kappa shape index (κ1) is 15.3. The highest BCUT2D eigenvalue weighted by Gasteiger charge is 2.39. The summed E-state index contributed by atoms with van der Waals surface area (Å²) in [5.41, 5.74) is 1.86. The van der Waals surface area contributed by atoms with E-state index in [1.54, 1.807) is 6.08 Å². The van der Waals surface area contributed by atoms with Gasteiger partial charge in [0.15, 0.2) is 5.78 Å². The number of carbonyl (C=O) groups excluding carboxylic acids is 2. The average Bonchev–Trinajstić information content (AvgIpc) is 2.46. The van der Waals surface area contributed by atoms with Crippen molar-refractivity contribution in [1.29, 1.82) is 0 Å². The summed E-state index contributed by atoms with van der Waals surface area (Å²) < 4.78 is 4.82. The van der Waals surface area contributed by atoms with Crippen LogP contribution in [0.5, 0.6) is 0 Å². The van der Waals surface area contributed by atoms with E-state index in [4.69, 9.17) is 4.74 Å². The summed E-state index contributed by atoms with van der Waals surface area (Å²) in [4.78, 5) is 24.4. The molecule has 0 aromatic heterocycles. The molecule has 1 N–H and O–H groups in total. The first-order valence-corrected chi connectivity index (χ1v) is 7.16. The third-order valence-corrected chi connectivity index (χ3v) is 3.62. The maximum Gasteiger partial charge on any atom is 0.317 e. The summed E-state index contributed by atoms with van der Waals surface area (Å²) in [6.45, 7) is 4.05. The Morgan fingerprint density at radius 2 is 1.95 bits per heavy atom. The fraction of sp³-hybridized carbons (Fsp3) is 0.412. The van der Waals surface area contributed by atoms with E-state index in [1.807, 2.05) is 44.2 Å². The van der Waals surface area contributed by atoms with Gasteiger partial charge in [-0.3, -0.25) is 9.59 Å². The second-order valence-corrected chi connectivity index (χ2v) is 5.59. The number of carbonyl (C=O) groups is 2. The molecule has 2 unspecified atom stereocenters. The van der Waals surface area contributed by atoms with Crippen LogP contribution in [0.15, 0.2) is 42.1 Å². The molecule has 112 valence electrons. The third kappa shape index (κ3) is 3.51. The van der Waals surface area contributed by atoms with Crippen molar-refractivity contribution in [2.45, 2.75) is 32.2 Å². The molecule has 0 fully saturated rings. The van der Waals surface area contributed by atoms with Gasteiger partial charge >= 0.3 is 5.97 Å². The minimum atomic E-state index is -0.755. The van der Waals surface area contributed by atoms with Crippen molar-refractivity contribution in [3.05, 3.63) is 47.7 Å². The molecule has 0 saturated heterocycles. The first-order chi connectivity index (χ1) is 10.0. The maximum absolute atomic E-state index is 12.4. The highest BCUT2D eigenvalue weighted by molar-refractivity contribution is 6.07. The molecule has 4 heteroatoms. The van der Waals surface area contributed by atoms with Crippen LogP contribution in [0.3, 0.4) is 0 Å². The van der Waals surface area contributed by atoms with E-state index >= 15 is 0 Å². The molecular formula is C17H21NO3. The van der Waals surface area contributed by atoms with Crippen molar-refractivity contribution < 1.29 is 14.3 Å². The highest BCUT2D eigenvalue weighted by Crippen LogP contribution is 2.36. The molecule has 0 saturated carbocycles. The minimum Gasteiger partial charge on any atom is -0.468 e. The molecule has 0 spiro atoms. The first-order valence-electron chi connectivity index (χ1n) is 7.16. The van der Waals surface area contributed by atoms with Gasteiger partial charge in [-0.1, -0.05) is 30.3 Å². The van der Waals surface area contributed by atoms with Gasteiger partial charge in [0.1, 0.15) is 5.92 Å². The van der Waals surface area contributed by atoms with Crippen LogP contribution in [0.4, 0.5) is 0 Å². The Labute approximate surface area is 125 Å². The van der Waals surface area contributed by atoms with Crippen LogP contribution in [-0.4, -0.2) is 24.9 Å². The topological polar surface area (TPSA) is 55.4 Å². The van der Waals surface area contributed by atoms with Gasteiger partial charge < -0.3 is 10.1 Å². The molecule has 4 nitrogen and oxygen atoms in total. The lowest BCUT2D eigenvalue weighted by Gasteiger charge is -2.30. The van der Waals surface area contributed by atoms with Crippen LogP contribution >= 0.6 is 0 Å². The number of hydrogen-bond acceptors (Lipinski definition) is 4. The predicted molar refractivity (Wildman–Crippen MR) is 80.7 cm³/mol. The van der Waals surface area contributed by atoms with Gasteiger partial charge in [0.25, 0.3) is 0 Å². The van der Waals surface area contributed by atoms with Gasteiger partial charge in [-0.25, -0.2) is 0 Å². The Balaban J connectivity index is 2.36. The molecule has 21 heavy (non-hydrogen) atoms. The molecule has 0 aliphatic heterocycles. The lowest BCUT2D eigenvalue weighted by atomic mass is 9.76. The Kier molecular flexibility index (Phi) is 4.78. The number of benzene rings is 1. The van der Waals surface area contributed by atoms with E-state index in [1.165, 1.54) is 7.11 Å². The Bertz CT molecular complexity index is 548. The lowest BCUT2D eigenvalue weighted by molar-refractivity contribution is -0.149. The Hall–Kier alpha value is -2.10. The number of ketones is 1. The van der Waals surface area contributed by atoms with Crippen LogP contribution in [0.2, 0.25) is 0 Å². The molecule has 1 aromatic rings. The summed E-state index contributed by atoms with van der Waals surface area (Å²) in [5, 5.41) is 3.28. The monoisotopic (exact) mass is 287 g/mol. The fourth-order valence-corrected chi connectivity index (χ4v) is 2.76. The second-order valence-electron chi connectivity index (χ2n) is 5.59. The fourth-order valence-electron chi connectivity index (χ4n) is 2.76. The molecule has 0 bridgehead atoms. The number of esters is 1. The number of hydrogen-bond donors (Lipinski definition) is 1. The van der Waals surface area contributed by atoms with E-state index in [0.717, 1.165) is 11.3 Å². The van der Waals surface area contributed by atoms with Gasteiger partial charge in [-0.05, 0) is 25.8 Å². The Morgan fingerprint density at radius 3 is 2.52 bits per heavy atom. The molecule has 1 aliphatic rings. The van der Waals surface area contributed by atoms with Gasteiger partial charge in [0.05, 0.1) is 7.11 Å². The van der Waals surface area contributed by atoms with Gasteiger partial charge in [-0.2, -0.15) is 0 Å². The van der Waals surface area contributed by atoms with Gasteiger partial charge in [-0.15, -0.1) is 0 Å². The number of allylic oxidation sites excluding steroid dienone is 2. The number of rotatable bonds is 4. The zero-order valence-electron chi connectivity index (χ0n) is 12.6. The summed E-state index contributed by atoms with van der Waals surface area (Å²) in [5.74, 6) is -1.59. The molecule has 0 heterocycles. The van der Waals surface area contributed by atoms with Crippen LogP contribution in [0.25, 0.3) is 0 Å². The number of methoxy groups -OCH3 is 1.